The standard InChI is InChI=1S/C13H14N2O2/c16-12-10-6-14-7-11(10)13(17)15(12)8-9-4-2-1-3-5-9/h1-5,10-11,14H,6-8H2/t10-,11-/m0/s1. The summed E-state index contributed by atoms with van der Waals surface area (Å²) < 4.78 is 0. The second-order valence-corrected chi connectivity index (χ2v) is 4.62. The van der Waals surface area contributed by atoms with E-state index in [-0.39, 0.29) is 23.7 Å². The summed E-state index contributed by atoms with van der Waals surface area (Å²) in [6, 6.07) is 9.64. The molecule has 0 aromatic heterocycles. The van der Waals surface area contributed by atoms with Gasteiger partial charge in [-0.2, -0.15) is 0 Å². The maximum absolute atomic E-state index is 12.1. The number of imide groups is 1. The molecule has 0 radical (unpaired) electrons. The number of nitrogens with one attached hydrogen (secondary N) is 1. The van der Waals surface area contributed by atoms with E-state index in [1.165, 1.54) is 4.90 Å². The average Bonchev–Trinajstić information content (AvgIpc) is 2.91. The Labute approximate surface area is 99.6 Å². The van der Waals surface area contributed by atoms with Gasteiger partial charge in [0.2, 0.25) is 11.8 Å². The molecule has 2 atom stereocenters. The molecule has 0 aliphatic carbocycles. The molecule has 2 aliphatic rings. The molecule has 1 N–H and O–H groups in total. The summed E-state index contributed by atoms with van der Waals surface area (Å²) in [6.07, 6.45) is 0. The zero-order valence-corrected chi connectivity index (χ0v) is 9.43. The Morgan fingerprint density at radius 1 is 1.06 bits per heavy atom. The molecule has 2 aliphatic heterocycles. The second-order valence-electron chi connectivity index (χ2n) is 4.62. The SMILES string of the molecule is O=C1[C@H]2CNC[C@@H]2C(=O)N1Cc1ccccc1. The van der Waals surface area contributed by atoms with Crippen molar-refractivity contribution in [3.05, 3.63) is 35.9 Å². The Bertz CT molecular complexity index is 436. The number of carbonyl (C=O) groups is 2. The quantitative estimate of drug-likeness (QED) is 0.748. The third-order valence-electron chi connectivity index (χ3n) is 3.56. The van der Waals surface area contributed by atoms with Crippen LogP contribution in [0.5, 0.6) is 0 Å². The molecule has 3 rings (SSSR count). The van der Waals surface area contributed by atoms with Gasteiger partial charge in [-0.05, 0) is 5.56 Å². The van der Waals surface area contributed by atoms with Crippen molar-refractivity contribution in [3.8, 4) is 0 Å². The predicted octanol–water partition coefficient (Wildman–Crippen LogP) is 0.391. The minimum absolute atomic E-state index is 0.0196. The molecule has 0 bridgehead atoms. The molecule has 2 heterocycles. The highest BCUT2D eigenvalue weighted by molar-refractivity contribution is 6.05. The van der Waals surface area contributed by atoms with Crippen LogP contribution in [-0.2, 0) is 16.1 Å². The van der Waals surface area contributed by atoms with E-state index in [1.54, 1.807) is 0 Å². The van der Waals surface area contributed by atoms with Crippen LogP contribution in [0.2, 0.25) is 0 Å². The topological polar surface area (TPSA) is 49.4 Å². The zero-order valence-electron chi connectivity index (χ0n) is 9.43. The van der Waals surface area contributed by atoms with E-state index in [2.05, 4.69) is 5.32 Å². The fourth-order valence-corrected chi connectivity index (χ4v) is 2.63. The minimum atomic E-state index is -0.133. The number of fused-ring (bicyclic) bond motifs is 1. The van der Waals surface area contributed by atoms with Gasteiger partial charge in [0.25, 0.3) is 0 Å². The lowest BCUT2D eigenvalue weighted by Crippen LogP contribution is -2.34. The number of nitrogens with zero attached hydrogens (tertiary/aromatic N) is 1. The summed E-state index contributed by atoms with van der Waals surface area (Å²) in [6.45, 7) is 1.69. The van der Waals surface area contributed by atoms with Crippen molar-refractivity contribution >= 4 is 11.8 Å². The smallest absolute Gasteiger partial charge is 0.234 e. The first-order chi connectivity index (χ1) is 8.27. The average molecular weight is 230 g/mol. The molecule has 88 valence electrons. The molecule has 4 nitrogen and oxygen atoms in total. The summed E-state index contributed by atoms with van der Waals surface area (Å²) >= 11 is 0. The number of likely N-dealkylation sites (tertiary alicyclic amines) is 1. The molecular formula is C13H14N2O2. The van der Waals surface area contributed by atoms with Gasteiger partial charge in [0.1, 0.15) is 0 Å². The lowest BCUT2D eigenvalue weighted by Gasteiger charge is -2.15. The highest BCUT2D eigenvalue weighted by Crippen LogP contribution is 2.30. The van der Waals surface area contributed by atoms with Gasteiger partial charge in [0.15, 0.2) is 0 Å². The van der Waals surface area contributed by atoms with E-state index in [9.17, 15) is 9.59 Å². The van der Waals surface area contributed by atoms with E-state index in [4.69, 9.17) is 0 Å². The monoisotopic (exact) mass is 230 g/mol. The highest BCUT2D eigenvalue weighted by Gasteiger charge is 2.49. The van der Waals surface area contributed by atoms with E-state index in [0.29, 0.717) is 19.6 Å². The van der Waals surface area contributed by atoms with E-state index in [1.807, 2.05) is 30.3 Å². The molecule has 0 spiro atoms. The van der Waals surface area contributed by atoms with Gasteiger partial charge < -0.3 is 5.32 Å². The molecule has 2 amide bonds. The van der Waals surface area contributed by atoms with E-state index < -0.39 is 0 Å². The molecular weight excluding hydrogens is 216 g/mol. The number of amides is 2. The van der Waals surface area contributed by atoms with Crippen molar-refractivity contribution in [2.24, 2.45) is 11.8 Å². The molecule has 0 unspecified atom stereocenters. The van der Waals surface area contributed by atoms with Crippen LogP contribution in [-0.4, -0.2) is 29.8 Å². The van der Waals surface area contributed by atoms with Gasteiger partial charge in [0.05, 0.1) is 18.4 Å². The molecule has 2 saturated heterocycles. The summed E-state index contributed by atoms with van der Waals surface area (Å²) in [5.41, 5.74) is 1.00. The fraction of sp³-hybridized carbons (Fsp3) is 0.385. The summed E-state index contributed by atoms with van der Waals surface area (Å²) in [5.74, 6) is -0.305. The summed E-state index contributed by atoms with van der Waals surface area (Å²) in [5, 5.41) is 3.10. The van der Waals surface area contributed by atoms with Crippen LogP contribution in [0.1, 0.15) is 5.56 Å². The molecule has 2 fully saturated rings. The van der Waals surface area contributed by atoms with Gasteiger partial charge in [-0.3, -0.25) is 14.5 Å². The van der Waals surface area contributed by atoms with Crippen LogP contribution in [0.4, 0.5) is 0 Å². The van der Waals surface area contributed by atoms with Crippen LogP contribution in [0, 0.1) is 11.8 Å². The first-order valence-corrected chi connectivity index (χ1v) is 5.87. The van der Waals surface area contributed by atoms with Gasteiger partial charge in [-0.1, -0.05) is 30.3 Å². The number of carbonyl (C=O) groups excluding carboxylic acids is 2. The Kier molecular flexibility index (Phi) is 2.44. The molecule has 0 saturated carbocycles. The van der Waals surface area contributed by atoms with E-state index >= 15 is 0 Å². The normalized spacial score (nSPS) is 27.6. The highest BCUT2D eigenvalue weighted by atomic mass is 16.2. The summed E-state index contributed by atoms with van der Waals surface area (Å²) in [7, 11) is 0. The molecule has 17 heavy (non-hydrogen) atoms. The lowest BCUT2D eigenvalue weighted by atomic mass is 10.00. The zero-order chi connectivity index (χ0) is 11.8. The minimum Gasteiger partial charge on any atom is -0.315 e. The van der Waals surface area contributed by atoms with Crippen molar-refractivity contribution in [2.45, 2.75) is 6.54 Å². The van der Waals surface area contributed by atoms with Crippen LogP contribution in [0.3, 0.4) is 0 Å². The maximum atomic E-state index is 12.1. The van der Waals surface area contributed by atoms with Gasteiger partial charge in [-0.25, -0.2) is 0 Å². The maximum Gasteiger partial charge on any atom is 0.234 e. The van der Waals surface area contributed by atoms with Crippen molar-refractivity contribution in [3.63, 3.8) is 0 Å². The third-order valence-corrected chi connectivity index (χ3v) is 3.56. The van der Waals surface area contributed by atoms with Crippen molar-refractivity contribution in [1.29, 1.82) is 0 Å². The van der Waals surface area contributed by atoms with Crippen molar-refractivity contribution < 1.29 is 9.59 Å². The van der Waals surface area contributed by atoms with Gasteiger partial charge in [-0.15, -0.1) is 0 Å². The van der Waals surface area contributed by atoms with Crippen molar-refractivity contribution in [1.82, 2.24) is 10.2 Å². The molecule has 4 heteroatoms. The molecule has 1 aromatic rings. The Morgan fingerprint density at radius 2 is 1.65 bits per heavy atom. The van der Waals surface area contributed by atoms with Crippen LogP contribution >= 0.6 is 0 Å². The first kappa shape index (κ1) is 10.5. The number of rotatable bonds is 2. The van der Waals surface area contributed by atoms with Crippen LogP contribution in [0.15, 0.2) is 30.3 Å². The lowest BCUT2D eigenvalue weighted by molar-refractivity contribution is -0.140. The molecule has 1 aromatic carbocycles. The number of benzene rings is 1. The van der Waals surface area contributed by atoms with Gasteiger partial charge >= 0.3 is 0 Å². The Morgan fingerprint density at radius 3 is 2.24 bits per heavy atom. The third kappa shape index (κ3) is 1.65. The van der Waals surface area contributed by atoms with Crippen molar-refractivity contribution in [2.75, 3.05) is 13.1 Å². The van der Waals surface area contributed by atoms with E-state index in [0.717, 1.165) is 5.56 Å². The van der Waals surface area contributed by atoms with Crippen LogP contribution < -0.4 is 5.32 Å². The van der Waals surface area contributed by atoms with Crippen LogP contribution in [0.25, 0.3) is 0 Å². The van der Waals surface area contributed by atoms with Gasteiger partial charge in [0, 0.05) is 13.1 Å². The largest absolute Gasteiger partial charge is 0.315 e. The second kappa shape index (κ2) is 3.96. The Hall–Kier alpha value is -1.68. The Balaban J connectivity index is 1.81. The first-order valence-electron chi connectivity index (χ1n) is 5.87. The number of hydrogen-bond donors (Lipinski definition) is 1. The summed E-state index contributed by atoms with van der Waals surface area (Å²) in [4.78, 5) is 25.5. The fourth-order valence-electron chi connectivity index (χ4n) is 2.63. The predicted molar refractivity (Wildman–Crippen MR) is 61.8 cm³/mol. The number of hydrogen-bond acceptors (Lipinski definition) is 3.